The molecule has 0 atom stereocenters. The van der Waals surface area contributed by atoms with Crippen molar-refractivity contribution in [3.05, 3.63) is 63.4 Å². The molecule has 35 heavy (non-hydrogen) atoms. The van der Waals surface area contributed by atoms with Gasteiger partial charge in [-0.15, -0.1) is 5.10 Å². The Bertz CT molecular complexity index is 1290. The first-order valence-electron chi connectivity index (χ1n) is 11.2. The van der Waals surface area contributed by atoms with Gasteiger partial charge in [0.2, 0.25) is 5.88 Å². The quantitative estimate of drug-likeness (QED) is 0.434. The molecule has 0 unspecified atom stereocenters. The van der Waals surface area contributed by atoms with Crippen molar-refractivity contribution >= 4 is 52.5 Å². The predicted molar refractivity (Wildman–Crippen MR) is 137 cm³/mol. The lowest BCUT2D eigenvalue weighted by Gasteiger charge is -2.24. The van der Waals surface area contributed by atoms with E-state index in [1.807, 2.05) is 0 Å². The van der Waals surface area contributed by atoms with Crippen LogP contribution in [0.3, 0.4) is 0 Å². The smallest absolute Gasteiger partial charge is 0.274 e. The molecule has 2 aromatic heterocycles. The number of aromatic nitrogens is 3. The molecule has 11 heteroatoms. The van der Waals surface area contributed by atoms with Gasteiger partial charge in [0, 0.05) is 35.3 Å². The number of carbonyl (C=O) groups excluding carboxylic acids is 2. The molecule has 0 radical (unpaired) electrons. The molecule has 0 spiro atoms. The molecule has 3 aromatic rings. The summed E-state index contributed by atoms with van der Waals surface area (Å²) >= 11 is 14.4. The van der Waals surface area contributed by atoms with Gasteiger partial charge in [-0.05, 0) is 55.5 Å². The number of nitrogens with one attached hydrogen (secondary N) is 2. The van der Waals surface area contributed by atoms with Crippen LogP contribution in [-0.2, 0) is 0 Å². The van der Waals surface area contributed by atoms with Crippen LogP contribution in [0.1, 0.15) is 39.3 Å². The molecule has 1 aliphatic heterocycles. The fourth-order valence-corrected chi connectivity index (χ4v) is 4.68. The lowest BCUT2D eigenvalue weighted by Crippen LogP contribution is -2.31. The third-order valence-electron chi connectivity index (χ3n) is 5.79. The third kappa shape index (κ3) is 5.42. The molecule has 2 amide bonds. The maximum Gasteiger partial charge on any atom is 0.274 e. The zero-order valence-corrected chi connectivity index (χ0v) is 21.2. The molecule has 182 valence electrons. The second-order valence-electron chi connectivity index (χ2n) is 8.62. The molecule has 3 heterocycles. The van der Waals surface area contributed by atoms with Crippen LogP contribution in [0.4, 0.5) is 5.69 Å². The average Bonchev–Trinajstić information content (AvgIpc) is 3.54. The number of rotatable bonds is 8. The highest BCUT2D eigenvalue weighted by atomic mass is 35.5. The van der Waals surface area contributed by atoms with Crippen molar-refractivity contribution in [2.75, 3.05) is 23.4 Å². The highest BCUT2D eigenvalue weighted by molar-refractivity contribution is 8.00. The summed E-state index contributed by atoms with van der Waals surface area (Å²) in [6.45, 7) is 2.39. The van der Waals surface area contributed by atoms with Gasteiger partial charge in [0.1, 0.15) is 11.8 Å². The Balaban J connectivity index is 1.47. The highest BCUT2D eigenvalue weighted by Gasteiger charge is 2.27. The maximum absolute atomic E-state index is 13.5. The van der Waals surface area contributed by atoms with Crippen molar-refractivity contribution in [3.63, 3.8) is 0 Å². The standard InChI is InChI=1S/C24H23Cl2N5O3S/c1-13-7-15(25)8-17(23(32)28-10-14-4-5-14)21(13)29-24(33)19-9-20(34-16-11-35-12-16)30-31(19)22-18(26)3-2-6-27-22/h2-3,6-9,14,16H,4-5,10-12H2,1H3,(H,28,32)(H,29,33). The summed E-state index contributed by atoms with van der Waals surface area (Å²) < 4.78 is 7.27. The molecule has 1 saturated heterocycles. The minimum Gasteiger partial charge on any atom is -0.472 e. The molecule has 0 bridgehead atoms. The van der Waals surface area contributed by atoms with E-state index < -0.39 is 5.91 Å². The molecule has 1 saturated carbocycles. The first kappa shape index (κ1) is 24.0. The van der Waals surface area contributed by atoms with Gasteiger partial charge < -0.3 is 15.4 Å². The summed E-state index contributed by atoms with van der Waals surface area (Å²) in [5, 5.41) is 11.0. The van der Waals surface area contributed by atoms with Crippen molar-refractivity contribution in [2.24, 2.45) is 5.92 Å². The van der Waals surface area contributed by atoms with Gasteiger partial charge in [0.25, 0.3) is 11.8 Å². The van der Waals surface area contributed by atoms with E-state index >= 15 is 0 Å². The average molecular weight is 532 g/mol. The summed E-state index contributed by atoms with van der Waals surface area (Å²) in [4.78, 5) is 30.7. The molecular weight excluding hydrogens is 509 g/mol. The van der Waals surface area contributed by atoms with Gasteiger partial charge in [-0.3, -0.25) is 9.59 Å². The van der Waals surface area contributed by atoms with E-state index in [-0.39, 0.29) is 17.7 Å². The van der Waals surface area contributed by atoms with E-state index in [0.717, 1.165) is 24.3 Å². The molecule has 2 aliphatic rings. The van der Waals surface area contributed by atoms with Gasteiger partial charge in [-0.2, -0.15) is 11.8 Å². The number of halogens is 2. The number of benzene rings is 1. The fourth-order valence-electron chi connectivity index (χ4n) is 3.65. The number of aryl methyl sites for hydroxylation is 1. The number of hydrogen-bond acceptors (Lipinski definition) is 6. The maximum atomic E-state index is 13.5. The Kier molecular flexibility index (Phi) is 6.91. The van der Waals surface area contributed by atoms with Gasteiger partial charge in [-0.1, -0.05) is 23.2 Å². The third-order valence-corrected chi connectivity index (χ3v) is 7.51. The van der Waals surface area contributed by atoms with Crippen LogP contribution in [0.5, 0.6) is 5.88 Å². The predicted octanol–water partition coefficient (Wildman–Crippen LogP) is 4.77. The van der Waals surface area contributed by atoms with Gasteiger partial charge in [0.05, 0.1) is 16.3 Å². The van der Waals surface area contributed by atoms with Crippen LogP contribution < -0.4 is 15.4 Å². The molecule has 2 fully saturated rings. The second-order valence-corrected chi connectivity index (χ2v) is 10.5. The van der Waals surface area contributed by atoms with Crippen LogP contribution in [0.25, 0.3) is 5.82 Å². The van der Waals surface area contributed by atoms with Crippen molar-refractivity contribution < 1.29 is 14.3 Å². The van der Waals surface area contributed by atoms with E-state index in [4.69, 9.17) is 27.9 Å². The van der Waals surface area contributed by atoms with Crippen LogP contribution >= 0.6 is 35.0 Å². The summed E-state index contributed by atoms with van der Waals surface area (Å²) in [5.74, 6) is 2.07. The Morgan fingerprint density at radius 2 is 2.00 bits per heavy atom. The first-order chi connectivity index (χ1) is 16.9. The number of pyridine rings is 1. The lowest BCUT2D eigenvalue weighted by atomic mass is 10.1. The normalized spacial score (nSPS) is 15.4. The van der Waals surface area contributed by atoms with E-state index in [1.54, 1.807) is 55.2 Å². The fraction of sp³-hybridized carbons (Fsp3) is 0.333. The first-order valence-corrected chi connectivity index (χ1v) is 13.1. The zero-order chi connectivity index (χ0) is 24.5. The van der Waals surface area contributed by atoms with E-state index in [1.165, 1.54) is 4.68 Å². The van der Waals surface area contributed by atoms with Crippen LogP contribution in [0.15, 0.2) is 36.5 Å². The minimum atomic E-state index is -0.487. The van der Waals surface area contributed by atoms with Crippen molar-refractivity contribution in [1.82, 2.24) is 20.1 Å². The van der Waals surface area contributed by atoms with Gasteiger partial charge in [-0.25, -0.2) is 9.67 Å². The summed E-state index contributed by atoms with van der Waals surface area (Å²) in [5.41, 5.74) is 1.51. The van der Waals surface area contributed by atoms with E-state index in [0.29, 0.717) is 51.0 Å². The monoisotopic (exact) mass is 531 g/mol. The van der Waals surface area contributed by atoms with E-state index in [9.17, 15) is 9.59 Å². The Morgan fingerprint density at radius 1 is 1.20 bits per heavy atom. The van der Waals surface area contributed by atoms with E-state index in [2.05, 4.69) is 20.7 Å². The molecule has 2 N–H and O–H groups in total. The Hall–Kier alpha value is -2.75. The van der Waals surface area contributed by atoms with Crippen LogP contribution in [0, 0.1) is 12.8 Å². The largest absolute Gasteiger partial charge is 0.472 e. The summed E-state index contributed by atoms with van der Waals surface area (Å²) in [6, 6.07) is 8.18. The Morgan fingerprint density at radius 3 is 2.69 bits per heavy atom. The zero-order valence-electron chi connectivity index (χ0n) is 18.9. The van der Waals surface area contributed by atoms with Gasteiger partial charge in [0.15, 0.2) is 5.82 Å². The molecule has 1 aromatic carbocycles. The number of carbonyl (C=O) groups is 2. The SMILES string of the molecule is Cc1cc(Cl)cc(C(=O)NCC2CC2)c1NC(=O)c1cc(OC2CSC2)nn1-c1ncccc1Cl. The number of ether oxygens (including phenoxy) is 1. The van der Waals surface area contributed by atoms with Crippen LogP contribution in [0.2, 0.25) is 10.0 Å². The molecule has 5 rings (SSSR count). The minimum absolute atomic E-state index is 0.0405. The number of nitrogens with zero attached hydrogens (tertiary/aromatic N) is 3. The van der Waals surface area contributed by atoms with Crippen LogP contribution in [-0.4, -0.2) is 50.7 Å². The van der Waals surface area contributed by atoms with Crippen molar-refractivity contribution in [3.8, 4) is 11.7 Å². The Labute approximate surface area is 216 Å². The number of amides is 2. The number of hydrogen-bond donors (Lipinski definition) is 2. The number of anilines is 1. The lowest BCUT2D eigenvalue weighted by molar-refractivity contribution is 0.0952. The number of thioether (sulfide) groups is 1. The van der Waals surface area contributed by atoms with Crippen molar-refractivity contribution in [1.29, 1.82) is 0 Å². The topological polar surface area (TPSA) is 98.1 Å². The highest BCUT2D eigenvalue weighted by Crippen LogP contribution is 2.30. The molecular formula is C24H23Cl2N5O3S. The van der Waals surface area contributed by atoms with Crippen molar-refractivity contribution in [2.45, 2.75) is 25.9 Å². The molecule has 8 nitrogen and oxygen atoms in total. The second kappa shape index (κ2) is 10.1. The summed E-state index contributed by atoms with van der Waals surface area (Å²) in [7, 11) is 0. The summed E-state index contributed by atoms with van der Waals surface area (Å²) in [6.07, 6.45) is 3.84. The van der Waals surface area contributed by atoms with Gasteiger partial charge >= 0.3 is 0 Å². The molecule has 1 aliphatic carbocycles.